The van der Waals surface area contributed by atoms with Crippen LogP contribution in [-0.2, 0) is 17.6 Å². The molecule has 2 nitrogen and oxygen atoms in total. The molecule has 2 aromatic carbocycles. The maximum absolute atomic E-state index is 12.2. The molecule has 0 aliphatic carbocycles. The fraction of sp³-hybridized carbons (Fsp3) is 0.278. The summed E-state index contributed by atoms with van der Waals surface area (Å²) in [4.78, 5) is 12.2. The van der Waals surface area contributed by atoms with Gasteiger partial charge in [0.15, 0.2) is 0 Å². The standard InChI is InChI=1S/C18H20O2/c1-13-7-14(2)9-16(8-13)11-17(19)10-15-5-4-6-18(12-15)20-3/h4-9,12H,10-11H2,1-3H3. The molecule has 20 heavy (non-hydrogen) atoms. The summed E-state index contributed by atoms with van der Waals surface area (Å²) in [5.41, 5.74) is 4.50. The second kappa shape index (κ2) is 6.38. The highest BCUT2D eigenvalue weighted by molar-refractivity contribution is 5.83. The van der Waals surface area contributed by atoms with Crippen LogP contribution in [0.1, 0.15) is 22.3 Å². The molecule has 0 unspecified atom stereocenters. The van der Waals surface area contributed by atoms with E-state index < -0.39 is 0 Å². The second-order valence-corrected chi connectivity index (χ2v) is 5.24. The number of hydrogen-bond acceptors (Lipinski definition) is 2. The van der Waals surface area contributed by atoms with E-state index >= 15 is 0 Å². The van der Waals surface area contributed by atoms with Crippen molar-refractivity contribution >= 4 is 5.78 Å². The van der Waals surface area contributed by atoms with Gasteiger partial charge in [-0.1, -0.05) is 41.5 Å². The van der Waals surface area contributed by atoms with Crippen molar-refractivity contribution < 1.29 is 9.53 Å². The third-order valence-corrected chi connectivity index (χ3v) is 3.22. The Morgan fingerprint density at radius 3 is 2.25 bits per heavy atom. The molecule has 0 saturated heterocycles. The Morgan fingerprint density at radius 2 is 1.60 bits per heavy atom. The molecule has 0 saturated carbocycles. The summed E-state index contributed by atoms with van der Waals surface area (Å²) in [6.07, 6.45) is 0.934. The number of carbonyl (C=O) groups excluding carboxylic acids is 1. The van der Waals surface area contributed by atoms with E-state index in [1.807, 2.05) is 24.3 Å². The lowest BCUT2D eigenvalue weighted by Gasteiger charge is -2.06. The van der Waals surface area contributed by atoms with E-state index in [4.69, 9.17) is 4.74 Å². The van der Waals surface area contributed by atoms with Crippen molar-refractivity contribution in [2.75, 3.05) is 7.11 Å². The van der Waals surface area contributed by atoms with Crippen molar-refractivity contribution in [3.05, 3.63) is 64.7 Å². The predicted octanol–water partition coefficient (Wildman–Crippen LogP) is 3.67. The molecule has 0 radical (unpaired) electrons. The molecule has 2 rings (SSSR count). The lowest BCUT2D eigenvalue weighted by Crippen LogP contribution is -2.07. The van der Waals surface area contributed by atoms with Gasteiger partial charge in [0, 0.05) is 12.8 Å². The van der Waals surface area contributed by atoms with Gasteiger partial charge in [0.25, 0.3) is 0 Å². The van der Waals surface area contributed by atoms with Gasteiger partial charge < -0.3 is 4.74 Å². The molecule has 0 atom stereocenters. The first-order chi connectivity index (χ1) is 9.56. The van der Waals surface area contributed by atoms with E-state index in [1.54, 1.807) is 7.11 Å². The maximum atomic E-state index is 12.2. The molecule has 0 heterocycles. The van der Waals surface area contributed by atoms with Gasteiger partial charge in [-0.05, 0) is 37.1 Å². The molecule has 0 aliphatic heterocycles. The molecule has 0 aliphatic rings. The van der Waals surface area contributed by atoms with Gasteiger partial charge >= 0.3 is 0 Å². The number of aryl methyl sites for hydroxylation is 2. The van der Waals surface area contributed by atoms with Crippen LogP contribution in [0, 0.1) is 13.8 Å². The molecule has 0 N–H and O–H groups in total. The van der Waals surface area contributed by atoms with E-state index in [2.05, 4.69) is 32.0 Å². The molecule has 2 aromatic rings. The van der Waals surface area contributed by atoms with Gasteiger partial charge in [-0.2, -0.15) is 0 Å². The van der Waals surface area contributed by atoms with Gasteiger partial charge in [0.2, 0.25) is 0 Å². The van der Waals surface area contributed by atoms with Crippen LogP contribution in [-0.4, -0.2) is 12.9 Å². The molecule has 0 amide bonds. The number of ether oxygens (including phenoxy) is 1. The fourth-order valence-electron chi connectivity index (χ4n) is 2.47. The zero-order valence-corrected chi connectivity index (χ0v) is 12.3. The van der Waals surface area contributed by atoms with Gasteiger partial charge in [0.1, 0.15) is 11.5 Å². The third kappa shape index (κ3) is 3.95. The highest BCUT2D eigenvalue weighted by Crippen LogP contribution is 2.15. The number of carbonyl (C=O) groups is 1. The summed E-state index contributed by atoms with van der Waals surface area (Å²) < 4.78 is 5.17. The van der Waals surface area contributed by atoms with E-state index in [-0.39, 0.29) is 5.78 Å². The zero-order chi connectivity index (χ0) is 14.5. The average Bonchev–Trinajstić information content (AvgIpc) is 2.37. The number of rotatable bonds is 5. The van der Waals surface area contributed by atoms with Crippen LogP contribution in [0.25, 0.3) is 0 Å². The quantitative estimate of drug-likeness (QED) is 0.827. The highest BCUT2D eigenvalue weighted by Gasteiger charge is 2.07. The Kier molecular flexibility index (Phi) is 4.57. The number of ketones is 1. The second-order valence-electron chi connectivity index (χ2n) is 5.24. The molecular weight excluding hydrogens is 248 g/mol. The van der Waals surface area contributed by atoms with Crippen molar-refractivity contribution in [1.29, 1.82) is 0 Å². The fourth-order valence-corrected chi connectivity index (χ4v) is 2.47. The lowest BCUT2D eigenvalue weighted by molar-refractivity contribution is -0.117. The van der Waals surface area contributed by atoms with Crippen LogP contribution in [0.5, 0.6) is 5.75 Å². The van der Waals surface area contributed by atoms with Crippen molar-refractivity contribution in [1.82, 2.24) is 0 Å². The summed E-state index contributed by atoms with van der Waals surface area (Å²) in [6, 6.07) is 14.0. The van der Waals surface area contributed by atoms with Crippen LogP contribution in [0.15, 0.2) is 42.5 Å². The minimum absolute atomic E-state index is 0.225. The number of hydrogen-bond donors (Lipinski definition) is 0. The Labute approximate surface area is 120 Å². The predicted molar refractivity (Wildman–Crippen MR) is 81.3 cm³/mol. The molecule has 104 valence electrons. The molecular formula is C18H20O2. The van der Waals surface area contributed by atoms with E-state index in [1.165, 1.54) is 11.1 Å². The summed E-state index contributed by atoms with van der Waals surface area (Å²) >= 11 is 0. The Hall–Kier alpha value is -2.09. The normalized spacial score (nSPS) is 10.3. The van der Waals surface area contributed by atoms with Gasteiger partial charge in [-0.25, -0.2) is 0 Å². The van der Waals surface area contributed by atoms with Crippen LogP contribution < -0.4 is 4.74 Å². The van der Waals surface area contributed by atoms with Crippen LogP contribution in [0.2, 0.25) is 0 Å². The molecule has 0 spiro atoms. The summed E-state index contributed by atoms with van der Waals surface area (Å²) in [7, 11) is 1.64. The van der Waals surface area contributed by atoms with Crippen molar-refractivity contribution in [3.63, 3.8) is 0 Å². The van der Waals surface area contributed by atoms with E-state index in [0.717, 1.165) is 16.9 Å². The average molecular weight is 268 g/mol. The van der Waals surface area contributed by atoms with E-state index in [0.29, 0.717) is 12.8 Å². The molecule has 0 aromatic heterocycles. The first kappa shape index (κ1) is 14.3. The number of benzene rings is 2. The maximum Gasteiger partial charge on any atom is 0.141 e. The van der Waals surface area contributed by atoms with Gasteiger partial charge in [0.05, 0.1) is 7.11 Å². The van der Waals surface area contributed by atoms with Crippen LogP contribution >= 0.6 is 0 Å². The molecule has 2 heteroatoms. The van der Waals surface area contributed by atoms with Crippen molar-refractivity contribution in [2.24, 2.45) is 0 Å². The summed E-state index contributed by atoms with van der Waals surface area (Å²) in [5.74, 6) is 1.02. The first-order valence-corrected chi connectivity index (χ1v) is 6.78. The monoisotopic (exact) mass is 268 g/mol. The molecule has 0 bridgehead atoms. The third-order valence-electron chi connectivity index (χ3n) is 3.22. The van der Waals surface area contributed by atoms with Gasteiger partial charge in [-0.15, -0.1) is 0 Å². The topological polar surface area (TPSA) is 26.3 Å². The first-order valence-electron chi connectivity index (χ1n) is 6.78. The molecule has 0 fully saturated rings. The Morgan fingerprint density at radius 1 is 0.950 bits per heavy atom. The van der Waals surface area contributed by atoms with E-state index in [9.17, 15) is 4.79 Å². The number of methoxy groups -OCH3 is 1. The minimum Gasteiger partial charge on any atom is -0.497 e. The zero-order valence-electron chi connectivity index (χ0n) is 12.3. The van der Waals surface area contributed by atoms with Crippen LogP contribution in [0.4, 0.5) is 0 Å². The minimum atomic E-state index is 0.225. The lowest BCUT2D eigenvalue weighted by atomic mass is 10.00. The van der Waals surface area contributed by atoms with Crippen molar-refractivity contribution in [3.8, 4) is 5.75 Å². The Bertz CT molecular complexity index is 594. The number of Topliss-reactive ketones (excluding diaryl/α,β-unsaturated/α-hetero) is 1. The summed E-state index contributed by atoms with van der Waals surface area (Å²) in [5, 5.41) is 0. The highest BCUT2D eigenvalue weighted by atomic mass is 16.5. The van der Waals surface area contributed by atoms with Gasteiger partial charge in [-0.3, -0.25) is 4.79 Å². The largest absolute Gasteiger partial charge is 0.497 e. The SMILES string of the molecule is COc1cccc(CC(=O)Cc2cc(C)cc(C)c2)c1. The Balaban J connectivity index is 2.04. The summed E-state index contributed by atoms with van der Waals surface area (Å²) in [6.45, 7) is 4.12. The smallest absolute Gasteiger partial charge is 0.141 e. The van der Waals surface area contributed by atoms with Crippen LogP contribution in [0.3, 0.4) is 0 Å². The van der Waals surface area contributed by atoms with Crippen molar-refractivity contribution in [2.45, 2.75) is 26.7 Å².